The highest BCUT2D eigenvalue weighted by molar-refractivity contribution is 9.09. The molecule has 1 unspecified atom stereocenters. The first-order chi connectivity index (χ1) is 9.40. The zero-order valence-corrected chi connectivity index (χ0v) is 14.3. The van der Waals surface area contributed by atoms with Gasteiger partial charge in [-0.2, -0.15) is 0 Å². The summed E-state index contributed by atoms with van der Waals surface area (Å²) in [6.45, 7) is 0. The van der Waals surface area contributed by atoms with Crippen LogP contribution < -0.4 is 0 Å². The van der Waals surface area contributed by atoms with Crippen molar-refractivity contribution < 1.29 is 0 Å². The summed E-state index contributed by atoms with van der Waals surface area (Å²) in [6, 6.07) is 0. The molecule has 2 rings (SSSR count). The fraction of sp³-hybridized carbons (Fsp3) is 1.00. The molecule has 0 saturated heterocycles. The molecule has 0 aliphatic heterocycles. The summed E-state index contributed by atoms with van der Waals surface area (Å²) in [7, 11) is 0. The zero-order valence-electron chi connectivity index (χ0n) is 12.7. The van der Waals surface area contributed by atoms with E-state index in [1.54, 1.807) is 12.8 Å². The molecule has 0 aromatic rings. The summed E-state index contributed by atoms with van der Waals surface area (Å²) in [5.74, 6) is 3.32. The van der Waals surface area contributed by atoms with E-state index in [1.165, 1.54) is 82.4 Å². The number of unbranched alkanes of at least 4 members (excludes halogenated alkanes) is 3. The zero-order chi connectivity index (χ0) is 13.3. The molecule has 2 fully saturated rings. The van der Waals surface area contributed by atoms with E-state index in [-0.39, 0.29) is 0 Å². The molecule has 0 spiro atoms. The Kier molecular flexibility index (Phi) is 7.87. The van der Waals surface area contributed by atoms with Crippen LogP contribution in [-0.4, -0.2) is 5.33 Å². The predicted molar refractivity (Wildman–Crippen MR) is 88.9 cm³/mol. The normalized spacial score (nSPS) is 21.9. The lowest BCUT2D eigenvalue weighted by atomic mass is 9.72. The average Bonchev–Trinajstić information content (AvgIpc) is 2.28. The summed E-state index contributed by atoms with van der Waals surface area (Å²) in [6.07, 6.45) is 21.2. The summed E-state index contributed by atoms with van der Waals surface area (Å²) < 4.78 is 0. The van der Waals surface area contributed by atoms with E-state index in [0.717, 1.165) is 17.8 Å². The van der Waals surface area contributed by atoms with Crippen LogP contribution in [0.1, 0.15) is 89.9 Å². The van der Waals surface area contributed by atoms with Gasteiger partial charge in [-0.05, 0) is 24.2 Å². The number of hydrogen-bond acceptors (Lipinski definition) is 0. The lowest BCUT2D eigenvalue weighted by molar-refractivity contribution is 0.178. The molecule has 2 aliphatic carbocycles. The lowest BCUT2D eigenvalue weighted by Crippen LogP contribution is -2.22. The van der Waals surface area contributed by atoms with Crippen LogP contribution in [0.2, 0.25) is 0 Å². The van der Waals surface area contributed by atoms with Gasteiger partial charge in [0.25, 0.3) is 0 Å². The molecule has 0 aromatic heterocycles. The van der Waals surface area contributed by atoms with Crippen LogP contribution in [0.3, 0.4) is 0 Å². The Morgan fingerprint density at radius 2 is 1.47 bits per heavy atom. The van der Waals surface area contributed by atoms with E-state index in [2.05, 4.69) is 15.9 Å². The van der Waals surface area contributed by atoms with Crippen molar-refractivity contribution in [2.24, 2.45) is 17.8 Å². The third kappa shape index (κ3) is 5.78. The SMILES string of the molecule is BrCCCCC(CCCCCC1CCC1)C1CCC1. The van der Waals surface area contributed by atoms with Crippen molar-refractivity contribution in [2.75, 3.05) is 5.33 Å². The first-order valence-electron chi connectivity index (χ1n) is 8.96. The van der Waals surface area contributed by atoms with Gasteiger partial charge in [0.2, 0.25) is 0 Å². The second-order valence-corrected chi connectivity index (χ2v) is 7.86. The van der Waals surface area contributed by atoms with Crippen LogP contribution in [0.5, 0.6) is 0 Å². The summed E-state index contributed by atoms with van der Waals surface area (Å²) in [5, 5.41) is 1.20. The second kappa shape index (κ2) is 9.42. The standard InChI is InChI=1S/C18H33Br/c19-15-5-4-12-17(18-13-7-14-18)11-3-1-2-8-16-9-6-10-16/h16-18H,1-15H2. The maximum Gasteiger partial charge on any atom is 0.00313 e. The minimum absolute atomic E-state index is 1.08. The van der Waals surface area contributed by atoms with E-state index in [4.69, 9.17) is 0 Å². The predicted octanol–water partition coefficient (Wildman–Crippen LogP) is 6.72. The first-order valence-corrected chi connectivity index (χ1v) is 10.1. The van der Waals surface area contributed by atoms with Crippen molar-refractivity contribution >= 4 is 15.9 Å². The molecular weight excluding hydrogens is 296 g/mol. The van der Waals surface area contributed by atoms with Gasteiger partial charge in [-0.15, -0.1) is 0 Å². The highest BCUT2D eigenvalue weighted by atomic mass is 79.9. The summed E-state index contributed by atoms with van der Waals surface area (Å²) >= 11 is 3.57. The van der Waals surface area contributed by atoms with Gasteiger partial charge in [0.05, 0.1) is 0 Å². The van der Waals surface area contributed by atoms with Gasteiger partial charge in [0.1, 0.15) is 0 Å². The van der Waals surface area contributed by atoms with E-state index < -0.39 is 0 Å². The Labute approximate surface area is 129 Å². The number of halogens is 1. The molecule has 2 aliphatic rings. The maximum atomic E-state index is 3.57. The molecule has 1 heteroatoms. The van der Waals surface area contributed by atoms with Gasteiger partial charge >= 0.3 is 0 Å². The van der Waals surface area contributed by atoms with Crippen molar-refractivity contribution in [1.82, 2.24) is 0 Å². The van der Waals surface area contributed by atoms with Crippen LogP contribution in [0.4, 0.5) is 0 Å². The first kappa shape index (κ1) is 15.9. The average molecular weight is 329 g/mol. The van der Waals surface area contributed by atoms with Crippen LogP contribution in [0.15, 0.2) is 0 Å². The molecule has 19 heavy (non-hydrogen) atoms. The molecule has 0 aromatic carbocycles. The van der Waals surface area contributed by atoms with Crippen molar-refractivity contribution in [3.05, 3.63) is 0 Å². The van der Waals surface area contributed by atoms with E-state index >= 15 is 0 Å². The van der Waals surface area contributed by atoms with Gasteiger partial charge in [0.15, 0.2) is 0 Å². The van der Waals surface area contributed by atoms with E-state index in [9.17, 15) is 0 Å². The quantitative estimate of drug-likeness (QED) is 0.291. The third-order valence-electron chi connectivity index (χ3n) is 5.69. The highest BCUT2D eigenvalue weighted by Gasteiger charge is 2.26. The number of alkyl halides is 1. The molecule has 0 nitrogen and oxygen atoms in total. The maximum absolute atomic E-state index is 3.57. The van der Waals surface area contributed by atoms with E-state index in [0.29, 0.717) is 0 Å². The monoisotopic (exact) mass is 328 g/mol. The minimum atomic E-state index is 1.08. The van der Waals surface area contributed by atoms with Gasteiger partial charge in [-0.3, -0.25) is 0 Å². The van der Waals surface area contributed by atoms with Crippen molar-refractivity contribution in [1.29, 1.82) is 0 Å². The smallest absolute Gasteiger partial charge is 0.00313 e. The van der Waals surface area contributed by atoms with Crippen LogP contribution in [0, 0.1) is 17.8 Å². The van der Waals surface area contributed by atoms with Crippen LogP contribution in [0.25, 0.3) is 0 Å². The Morgan fingerprint density at radius 3 is 2.00 bits per heavy atom. The van der Waals surface area contributed by atoms with Gasteiger partial charge in [-0.25, -0.2) is 0 Å². The molecule has 0 heterocycles. The molecule has 0 N–H and O–H groups in total. The van der Waals surface area contributed by atoms with Crippen LogP contribution >= 0.6 is 15.9 Å². The summed E-state index contributed by atoms with van der Waals surface area (Å²) in [5.41, 5.74) is 0. The highest BCUT2D eigenvalue weighted by Crippen LogP contribution is 2.39. The topological polar surface area (TPSA) is 0 Å². The fourth-order valence-electron chi connectivity index (χ4n) is 3.83. The van der Waals surface area contributed by atoms with Crippen LogP contribution in [-0.2, 0) is 0 Å². The van der Waals surface area contributed by atoms with Crippen molar-refractivity contribution in [3.8, 4) is 0 Å². The molecule has 0 bridgehead atoms. The fourth-order valence-corrected chi connectivity index (χ4v) is 4.22. The third-order valence-corrected chi connectivity index (χ3v) is 6.25. The van der Waals surface area contributed by atoms with Crippen molar-refractivity contribution in [3.63, 3.8) is 0 Å². The number of rotatable bonds is 11. The molecule has 112 valence electrons. The largest absolute Gasteiger partial charge is 0.0928 e. The number of hydrogen-bond donors (Lipinski definition) is 0. The van der Waals surface area contributed by atoms with Gasteiger partial charge < -0.3 is 0 Å². The molecular formula is C18H33Br. The Hall–Kier alpha value is 0.480. The molecule has 0 radical (unpaired) electrons. The Morgan fingerprint density at radius 1 is 0.789 bits per heavy atom. The Bertz CT molecular complexity index is 218. The van der Waals surface area contributed by atoms with E-state index in [1.807, 2.05) is 0 Å². The molecule has 0 amide bonds. The molecule has 1 atom stereocenters. The lowest BCUT2D eigenvalue weighted by Gasteiger charge is -2.34. The van der Waals surface area contributed by atoms with Gasteiger partial charge in [0, 0.05) is 5.33 Å². The summed E-state index contributed by atoms with van der Waals surface area (Å²) in [4.78, 5) is 0. The van der Waals surface area contributed by atoms with Crippen molar-refractivity contribution in [2.45, 2.75) is 89.9 Å². The van der Waals surface area contributed by atoms with Gasteiger partial charge in [-0.1, -0.05) is 99.4 Å². The molecule has 2 saturated carbocycles. The second-order valence-electron chi connectivity index (χ2n) is 7.07. The Balaban J connectivity index is 1.50. The minimum Gasteiger partial charge on any atom is -0.0928 e.